The number of ether oxygens (including phenoxy) is 1. The molecule has 1 aromatic rings. The van der Waals surface area contributed by atoms with Crippen LogP contribution in [0.15, 0.2) is 12.1 Å². The molecule has 0 spiro atoms. The van der Waals surface area contributed by atoms with Gasteiger partial charge in [-0.3, -0.25) is 4.79 Å². The summed E-state index contributed by atoms with van der Waals surface area (Å²) in [4.78, 5) is 11.4. The number of phenolic OH excluding ortho intramolecular Hbond substituents is 1. The van der Waals surface area contributed by atoms with Crippen LogP contribution in [0.2, 0.25) is 0 Å². The van der Waals surface area contributed by atoms with Crippen LogP contribution in [0.25, 0.3) is 0 Å². The Labute approximate surface area is 108 Å². The third kappa shape index (κ3) is 2.22. The van der Waals surface area contributed by atoms with Crippen molar-refractivity contribution in [1.29, 1.82) is 0 Å². The lowest BCUT2D eigenvalue weighted by Crippen LogP contribution is -2.29. The van der Waals surface area contributed by atoms with Crippen LogP contribution in [0, 0.1) is 19.8 Å². The van der Waals surface area contributed by atoms with Crippen LogP contribution in [0.1, 0.15) is 37.0 Å². The number of carbonyl (C=O) groups excluding carboxylic acids is 1. The molecule has 0 aromatic heterocycles. The van der Waals surface area contributed by atoms with Gasteiger partial charge in [0.1, 0.15) is 11.4 Å². The van der Waals surface area contributed by atoms with E-state index in [4.69, 9.17) is 4.74 Å². The van der Waals surface area contributed by atoms with E-state index in [1.54, 1.807) is 6.07 Å². The highest BCUT2D eigenvalue weighted by Crippen LogP contribution is 2.37. The van der Waals surface area contributed by atoms with Crippen LogP contribution in [-0.4, -0.2) is 16.7 Å². The molecule has 0 amide bonds. The molecule has 1 aromatic carbocycles. The molecule has 1 aliphatic rings. The first kappa shape index (κ1) is 12.9. The molecule has 1 fully saturated rings. The van der Waals surface area contributed by atoms with Crippen molar-refractivity contribution in [2.45, 2.75) is 46.1 Å². The Bertz CT molecular complexity index is 489. The summed E-state index contributed by atoms with van der Waals surface area (Å²) in [5.41, 5.74) is 2.78. The summed E-state index contributed by atoms with van der Waals surface area (Å²) in [6.45, 7) is 7.86. The Hall–Kier alpha value is -1.51. The van der Waals surface area contributed by atoms with Crippen molar-refractivity contribution < 1.29 is 14.6 Å². The van der Waals surface area contributed by atoms with Crippen molar-refractivity contribution in [3.8, 4) is 5.75 Å². The van der Waals surface area contributed by atoms with E-state index in [1.165, 1.54) is 0 Å². The first-order valence-electron chi connectivity index (χ1n) is 6.31. The third-order valence-corrected chi connectivity index (χ3v) is 4.03. The fourth-order valence-corrected chi connectivity index (χ4v) is 2.62. The van der Waals surface area contributed by atoms with Crippen molar-refractivity contribution in [3.63, 3.8) is 0 Å². The third-order valence-electron chi connectivity index (χ3n) is 4.03. The fourth-order valence-electron chi connectivity index (χ4n) is 2.62. The number of phenols is 1. The summed E-state index contributed by atoms with van der Waals surface area (Å²) in [6, 6.07) is 3.64. The number of aromatic hydroxyl groups is 1. The zero-order valence-corrected chi connectivity index (χ0v) is 11.4. The van der Waals surface area contributed by atoms with Gasteiger partial charge in [-0.25, -0.2) is 0 Å². The molecule has 1 saturated heterocycles. The molecule has 1 heterocycles. The van der Waals surface area contributed by atoms with Crippen LogP contribution < -0.4 is 0 Å². The first-order valence-corrected chi connectivity index (χ1v) is 6.31. The van der Waals surface area contributed by atoms with Crippen molar-refractivity contribution in [3.05, 3.63) is 28.8 Å². The van der Waals surface area contributed by atoms with E-state index in [-0.39, 0.29) is 11.9 Å². The summed E-state index contributed by atoms with van der Waals surface area (Å²) < 4.78 is 5.34. The molecule has 0 bridgehead atoms. The normalized spacial score (nSPS) is 22.0. The maximum Gasteiger partial charge on any atom is 0.306 e. The Morgan fingerprint density at radius 3 is 2.61 bits per heavy atom. The predicted molar refractivity (Wildman–Crippen MR) is 69.6 cm³/mol. The molecule has 1 atom stereocenters. The van der Waals surface area contributed by atoms with Crippen molar-refractivity contribution >= 4 is 5.97 Å². The molecule has 2 rings (SSSR count). The van der Waals surface area contributed by atoms with E-state index in [0.29, 0.717) is 12.2 Å². The SMILES string of the molecule is Cc1ccc(O)c(C)c1C[C@@H]1CC(=O)OC1(C)C. The van der Waals surface area contributed by atoms with Crippen LogP contribution >= 0.6 is 0 Å². The maximum atomic E-state index is 11.4. The van der Waals surface area contributed by atoms with Gasteiger partial charge in [-0.1, -0.05) is 6.07 Å². The van der Waals surface area contributed by atoms with Gasteiger partial charge < -0.3 is 9.84 Å². The summed E-state index contributed by atoms with van der Waals surface area (Å²) in [7, 11) is 0. The number of cyclic esters (lactones) is 1. The number of hydrogen-bond donors (Lipinski definition) is 1. The first-order chi connectivity index (χ1) is 8.31. The predicted octanol–water partition coefficient (Wildman–Crippen LogP) is 2.89. The second kappa shape index (κ2) is 4.30. The summed E-state index contributed by atoms with van der Waals surface area (Å²) in [6.07, 6.45) is 1.23. The van der Waals surface area contributed by atoms with Crippen LogP contribution in [0.5, 0.6) is 5.75 Å². The second-order valence-corrected chi connectivity index (χ2v) is 5.69. The molecule has 1 aliphatic heterocycles. The molecular weight excluding hydrogens is 228 g/mol. The van der Waals surface area contributed by atoms with Gasteiger partial charge in [-0.05, 0) is 56.9 Å². The van der Waals surface area contributed by atoms with Crippen LogP contribution in [-0.2, 0) is 16.0 Å². The van der Waals surface area contributed by atoms with Crippen LogP contribution in [0.3, 0.4) is 0 Å². The lowest BCUT2D eigenvalue weighted by atomic mass is 9.83. The number of benzene rings is 1. The van der Waals surface area contributed by atoms with E-state index in [0.717, 1.165) is 23.1 Å². The number of hydrogen-bond acceptors (Lipinski definition) is 3. The van der Waals surface area contributed by atoms with Gasteiger partial charge in [0.25, 0.3) is 0 Å². The Morgan fingerprint density at radius 2 is 2.06 bits per heavy atom. The molecule has 0 aliphatic carbocycles. The zero-order chi connectivity index (χ0) is 13.5. The standard InChI is InChI=1S/C15H20O3/c1-9-5-6-13(16)10(2)12(9)7-11-8-14(17)18-15(11,3)4/h5-6,11,16H,7-8H2,1-4H3/t11-/m1/s1. The monoisotopic (exact) mass is 248 g/mol. The van der Waals surface area contributed by atoms with Gasteiger partial charge >= 0.3 is 5.97 Å². The molecule has 3 nitrogen and oxygen atoms in total. The molecule has 0 unspecified atom stereocenters. The lowest BCUT2D eigenvalue weighted by Gasteiger charge is -2.26. The van der Waals surface area contributed by atoms with E-state index < -0.39 is 5.60 Å². The minimum atomic E-state index is -0.415. The van der Waals surface area contributed by atoms with Crippen molar-refractivity contribution in [2.75, 3.05) is 0 Å². The second-order valence-electron chi connectivity index (χ2n) is 5.69. The average molecular weight is 248 g/mol. The number of rotatable bonds is 2. The zero-order valence-electron chi connectivity index (χ0n) is 11.4. The largest absolute Gasteiger partial charge is 0.508 e. The molecule has 18 heavy (non-hydrogen) atoms. The fraction of sp³-hybridized carbons (Fsp3) is 0.533. The Morgan fingerprint density at radius 1 is 1.39 bits per heavy atom. The van der Waals surface area contributed by atoms with Gasteiger partial charge in [0.05, 0.1) is 6.42 Å². The van der Waals surface area contributed by atoms with Crippen molar-refractivity contribution in [2.24, 2.45) is 5.92 Å². The van der Waals surface area contributed by atoms with E-state index in [2.05, 4.69) is 0 Å². The highest BCUT2D eigenvalue weighted by molar-refractivity contribution is 5.72. The molecule has 0 radical (unpaired) electrons. The minimum Gasteiger partial charge on any atom is -0.508 e. The van der Waals surface area contributed by atoms with Gasteiger partial charge in [-0.15, -0.1) is 0 Å². The highest BCUT2D eigenvalue weighted by Gasteiger charge is 2.41. The molecular formula is C15H20O3. The highest BCUT2D eigenvalue weighted by atomic mass is 16.6. The van der Waals surface area contributed by atoms with Gasteiger partial charge in [0.2, 0.25) is 0 Å². The van der Waals surface area contributed by atoms with E-state index in [1.807, 2.05) is 33.8 Å². The average Bonchev–Trinajstić information content (AvgIpc) is 2.52. The topological polar surface area (TPSA) is 46.5 Å². The van der Waals surface area contributed by atoms with E-state index >= 15 is 0 Å². The van der Waals surface area contributed by atoms with Gasteiger partial charge in [-0.2, -0.15) is 0 Å². The molecule has 0 saturated carbocycles. The number of carbonyl (C=O) groups is 1. The maximum absolute atomic E-state index is 11.4. The molecule has 3 heteroatoms. The lowest BCUT2D eigenvalue weighted by molar-refractivity contribution is -0.146. The van der Waals surface area contributed by atoms with E-state index in [9.17, 15) is 9.90 Å². The van der Waals surface area contributed by atoms with Gasteiger partial charge in [0, 0.05) is 5.92 Å². The minimum absolute atomic E-state index is 0.125. The molecule has 98 valence electrons. The summed E-state index contributed by atoms with van der Waals surface area (Å²) in [5, 5.41) is 9.78. The number of esters is 1. The quantitative estimate of drug-likeness (QED) is 0.819. The Kier molecular flexibility index (Phi) is 3.09. The van der Waals surface area contributed by atoms with Crippen LogP contribution in [0.4, 0.5) is 0 Å². The Balaban J connectivity index is 2.30. The van der Waals surface area contributed by atoms with Gasteiger partial charge in [0.15, 0.2) is 0 Å². The van der Waals surface area contributed by atoms with Crippen molar-refractivity contribution in [1.82, 2.24) is 0 Å². The number of aryl methyl sites for hydroxylation is 1. The summed E-state index contributed by atoms with van der Waals surface area (Å²) in [5.74, 6) is 0.364. The molecule has 1 N–H and O–H groups in total. The smallest absolute Gasteiger partial charge is 0.306 e. The summed E-state index contributed by atoms with van der Waals surface area (Å²) >= 11 is 0.